The van der Waals surface area contributed by atoms with Gasteiger partial charge in [0.05, 0.1) is 13.2 Å². The van der Waals surface area contributed by atoms with Crippen molar-refractivity contribution in [2.45, 2.75) is 102 Å². The van der Waals surface area contributed by atoms with Gasteiger partial charge in [0.15, 0.2) is 0 Å². The largest absolute Gasteiger partial charge is 0.471 e. The zero-order chi connectivity index (χ0) is 29.5. The summed E-state index contributed by atoms with van der Waals surface area (Å²) in [6.07, 6.45) is 15.6. The Labute approximate surface area is 235 Å². The number of methoxy groups -OCH3 is 1. The lowest BCUT2D eigenvalue weighted by Crippen LogP contribution is -2.52. The van der Waals surface area contributed by atoms with E-state index in [0.29, 0.717) is 6.42 Å². The third kappa shape index (κ3) is 19.4. The lowest BCUT2D eigenvalue weighted by atomic mass is 10.1. The van der Waals surface area contributed by atoms with E-state index in [1.807, 2.05) is 19.1 Å². The number of unbranched alkanes of at least 4 members (excludes halogenated alkanes) is 7. The fourth-order valence-electron chi connectivity index (χ4n) is 3.38. The second-order valence-electron chi connectivity index (χ2n) is 9.08. The van der Waals surface area contributed by atoms with Crippen LogP contribution in [0, 0.1) is 0 Å². The number of nitrogens with one attached hydrogen (secondary N) is 2. The number of rotatable bonds is 21. The number of esters is 1. The van der Waals surface area contributed by atoms with Gasteiger partial charge in [0, 0.05) is 11.0 Å². The van der Waals surface area contributed by atoms with E-state index in [2.05, 4.69) is 23.1 Å². The monoisotopic (exact) mass is 578 g/mol. The number of halogens is 3. The number of amides is 2. The Morgan fingerprint density at radius 3 is 2.23 bits per heavy atom. The molecule has 0 aliphatic carbocycles. The van der Waals surface area contributed by atoms with Gasteiger partial charge in [-0.2, -0.15) is 13.2 Å². The second kappa shape index (κ2) is 22.5. The first-order chi connectivity index (χ1) is 18.6. The highest BCUT2D eigenvalue weighted by molar-refractivity contribution is 8.00. The molecule has 0 spiro atoms. The first kappa shape index (κ1) is 36.7. The van der Waals surface area contributed by atoms with Gasteiger partial charge in [-0.15, -0.1) is 11.8 Å². The maximum Gasteiger partial charge on any atom is 0.471 e. The van der Waals surface area contributed by atoms with E-state index in [4.69, 9.17) is 0 Å². The summed E-state index contributed by atoms with van der Waals surface area (Å²) in [6, 6.07) is -1.58. The number of thioether (sulfide) groups is 1. The number of hydrogen-bond acceptors (Lipinski definition) is 6. The van der Waals surface area contributed by atoms with Crippen molar-refractivity contribution >= 4 is 29.5 Å². The van der Waals surface area contributed by atoms with Crippen LogP contribution in [-0.2, 0) is 19.1 Å². The van der Waals surface area contributed by atoms with Crippen LogP contribution < -0.4 is 10.6 Å². The quantitative estimate of drug-likeness (QED) is 0.0958. The topological polar surface area (TPSA) is 105 Å². The third-order valence-electron chi connectivity index (χ3n) is 5.70. The van der Waals surface area contributed by atoms with E-state index in [1.54, 1.807) is 23.5 Å². The van der Waals surface area contributed by atoms with Gasteiger partial charge in [0.1, 0.15) is 12.6 Å². The van der Waals surface area contributed by atoms with Gasteiger partial charge in [-0.05, 0) is 19.3 Å². The van der Waals surface area contributed by atoms with Crippen LogP contribution >= 0.6 is 11.8 Å². The van der Waals surface area contributed by atoms with Crippen LogP contribution in [-0.4, -0.2) is 65.9 Å². The summed E-state index contributed by atoms with van der Waals surface area (Å²) in [7, 11) is 1.10. The summed E-state index contributed by atoms with van der Waals surface area (Å²) in [5.74, 6) is -4.28. The van der Waals surface area contributed by atoms with Crippen molar-refractivity contribution in [1.82, 2.24) is 10.6 Å². The predicted molar refractivity (Wildman–Crippen MR) is 150 cm³/mol. The van der Waals surface area contributed by atoms with E-state index >= 15 is 0 Å². The van der Waals surface area contributed by atoms with Crippen LogP contribution in [0.25, 0.3) is 0 Å². The van der Waals surface area contributed by atoms with Crippen LogP contribution in [0.4, 0.5) is 13.2 Å². The van der Waals surface area contributed by atoms with Crippen LogP contribution in [0.3, 0.4) is 0 Å². The molecule has 0 saturated heterocycles. The minimum atomic E-state index is -5.18. The molecule has 0 fully saturated rings. The zero-order valence-corrected chi connectivity index (χ0v) is 24.1. The van der Waals surface area contributed by atoms with E-state index in [1.165, 1.54) is 32.1 Å². The average Bonchev–Trinajstić information content (AvgIpc) is 2.90. The number of allylic oxidation sites excluding steroid dienone is 5. The summed E-state index contributed by atoms with van der Waals surface area (Å²) >= 11 is 1.04. The molecule has 0 radical (unpaired) electrons. The van der Waals surface area contributed by atoms with Gasteiger partial charge in [-0.25, -0.2) is 0 Å². The fraction of sp³-hybridized carbons (Fsp3) is 0.679. The van der Waals surface area contributed by atoms with Crippen molar-refractivity contribution in [3.63, 3.8) is 0 Å². The number of ether oxygens (including phenoxy) is 1. The standard InChI is InChI=1S/C28H45F3N2O5S/c1-4-6-8-9-10-11-12-13-14-15-16-17-19-24(23(34)18-7-5-2)39-21-22(33-27(37)28(29,30)31)26(36)32-20-25(35)38-3/h13-17,19,22-24,34H,4-12,18,20-21H2,1-3H3,(H,32,36)(H,33,37)/t22?,23-,24+/m1/s1. The van der Waals surface area contributed by atoms with Crippen molar-refractivity contribution in [3.8, 4) is 0 Å². The minimum absolute atomic E-state index is 0.255. The molecule has 0 aliphatic heterocycles. The molecule has 0 saturated carbocycles. The number of carbonyl (C=O) groups is 3. The van der Waals surface area contributed by atoms with Crippen LogP contribution in [0.2, 0.25) is 0 Å². The Morgan fingerprint density at radius 2 is 1.59 bits per heavy atom. The SMILES string of the molecule is CCCCCCCCC=CC=CC=C[C@H](SCC(NC(=O)C(F)(F)F)C(=O)NCC(=O)OC)[C@H](O)CCCC. The van der Waals surface area contributed by atoms with Crippen molar-refractivity contribution in [1.29, 1.82) is 0 Å². The number of aliphatic hydroxyl groups is 1. The molecule has 39 heavy (non-hydrogen) atoms. The molecule has 3 atom stereocenters. The highest BCUT2D eigenvalue weighted by Gasteiger charge is 2.41. The molecular formula is C28H45F3N2O5S. The predicted octanol–water partition coefficient (Wildman–Crippen LogP) is 5.39. The zero-order valence-electron chi connectivity index (χ0n) is 23.3. The van der Waals surface area contributed by atoms with Crippen LogP contribution in [0.5, 0.6) is 0 Å². The maximum absolute atomic E-state index is 12.8. The minimum Gasteiger partial charge on any atom is -0.468 e. The van der Waals surface area contributed by atoms with Crippen LogP contribution in [0.1, 0.15) is 78.1 Å². The van der Waals surface area contributed by atoms with Gasteiger partial charge >= 0.3 is 18.1 Å². The van der Waals surface area contributed by atoms with Gasteiger partial charge in [-0.1, -0.05) is 95.2 Å². The molecule has 2 amide bonds. The van der Waals surface area contributed by atoms with Gasteiger partial charge < -0.3 is 20.5 Å². The number of hydrogen-bond donors (Lipinski definition) is 3. The van der Waals surface area contributed by atoms with Crippen molar-refractivity contribution in [2.75, 3.05) is 19.4 Å². The van der Waals surface area contributed by atoms with E-state index < -0.39 is 47.9 Å². The Bertz CT molecular complexity index is 788. The van der Waals surface area contributed by atoms with Crippen LogP contribution in [0.15, 0.2) is 36.5 Å². The molecule has 0 aromatic carbocycles. The molecule has 0 bridgehead atoms. The second-order valence-corrected chi connectivity index (χ2v) is 10.3. The van der Waals surface area contributed by atoms with E-state index in [9.17, 15) is 32.7 Å². The fourth-order valence-corrected chi connectivity index (χ4v) is 4.59. The van der Waals surface area contributed by atoms with Crippen molar-refractivity contribution in [2.24, 2.45) is 0 Å². The Kier molecular flexibility index (Phi) is 21.2. The van der Waals surface area contributed by atoms with Gasteiger partial charge in [-0.3, -0.25) is 14.4 Å². The molecule has 7 nitrogen and oxygen atoms in total. The van der Waals surface area contributed by atoms with Crippen molar-refractivity contribution < 1.29 is 37.4 Å². The number of aliphatic hydroxyl groups excluding tert-OH is 1. The molecule has 0 aromatic heterocycles. The maximum atomic E-state index is 12.8. The van der Waals surface area contributed by atoms with Gasteiger partial charge in [0.25, 0.3) is 0 Å². The summed E-state index contributed by atoms with van der Waals surface area (Å²) in [4.78, 5) is 35.2. The molecule has 0 aromatic rings. The molecule has 1 unspecified atom stereocenters. The summed E-state index contributed by atoms with van der Waals surface area (Å²) in [5, 5.41) is 13.9. The Hall–Kier alpha value is -2.27. The van der Waals surface area contributed by atoms with E-state index in [-0.39, 0.29) is 5.75 Å². The lowest BCUT2D eigenvalue weighted by molar-refractivity contribution is -0.174. The number of alkyl halides is 3. The highest BCUT2D eigenvalue weighted by atomic mass is 32.2. The lowest BCUT2D eigenvalue weighted by Gasteiger charge is -2.23. The van der Waals surface area contributed by atoms with Crippen molar-refractivity contribution in [3.05, 3.63) is 36.5 Å². The molecule has 0 aliphatic rings. The molecule has 0 heterocycles. The van der Waals surface area contributed by atoms with Gasteiger partial charge in [0.2, 0.25) is 5.91 Å². The molecular weight excluding hydrogens is 533 g/mol. The summed E-state index contributed by atoms with van der Waals surface area (Å²) in [6.45, 7) is 3.61. The van der Waals surface area contributed by atoms with E-state index in [0.717, 1.165) is 44.6 Å². The summed E-state index contributed by atoms with van der Waals surface area (Å²) in [5.41, 5.74) is 0. The Morgan fingerprint density at radius 1 is 0.949 bits per heavy atom. The molecule has 224 valence electrons. The Balaban J connectivity index is 5.16. The first-order valence-corrected chi connectivity index (χ1v) is 14.6. The highest BCUT2D eigenvalue weighted by Crippen LogP contribution is 2.22. The normalized spacial score (nSPS) is 14.5. The number of carbonyl (C=O) groups excluding carboxylic acids is 3. The molecule has 3 N–H and O–H groups in total. The first-order valence-electron chi connectivity index (χ1n) is 13.6. The average molecular weight is 579 g/mol. The smallest absolute Gasteiger partial charge is 0.468 e. The third-order valence-corrected chi connectivity index (χ3v) is 7.08. The molecule has 0 rings (SSSR count). The molecule has 11 heteroatoms. The summed E-state index contributed by atoms with van der Waals surface area (Å²) < 4.78 is 42.9.